The molecular weight excluding hydrogens is 276 g/mol. The van der Waals surface area contributed by atoms with Gasteiger partial charge in [0.25, 0.3) is 0 Å². The van der Waals surface area contributed by atoms with Gasteiger partial charge in [-0.05, 0) is 35.6 Å². The normalized spacial score (nSPS) is 16.1. The highest BCUT2D eigenvalue weighted by Gasteiger charge is 2.25. The van der Waals surface area contributed by atoms with Crippen molar-refractivity contribution in [2.45, 2.75) is 25.7 Å². The molecule has 0 spiro atoms. The lowest BCUT2D eigenvalue weighted by Crippen LogP contribution is -2.12. The summed E-state index contributed by atoms with van der Waals surface area (Å²) in [6.45, 7) is 0. The summed E-state index contributed by atoms with van der Waals surface area (Å²) in [5.74, 6) is 0.791. The van der Waals surface area contributed by atoms with E-state index in [2.05, 4.69) is 40.6 Å². The zero-order valence-electron chi connectivity index (χ0n) is 12.1. The van der Waals surface area contributed by atoms with Crippen LogP contribution in [0, 0.1) is 0 Å². The van der Waals surface area contributed by atoms with E-state index in [9.17, 15) is 5.21 Å². The topological polar surface area (TPSA) is 58.6 Å². The molecule has 2 aromatic carbocycles. The van der Waals surface area contributed by atoms with Crippen LogP contribution in [0.5, 0.6) is 0 Å². The van der Waals surface area contributed by atoms with Crippen LogP contribution < -0.4 is 0 Å². The Morgan fingerprint density at radius 2 is 1.95 bits per heavy atom. The molecule has 1 heterocycles. The molecule has 1 N–H and O–H groups in total. The van der Waals surface area contributed by atoms with E-state index in [4.69, 9.17) is 4.52 Å². The number of benzene rings is 2. The lowest BCUT2D eigenvalue weighted by Gasteiger charge is -2.11. The highest BCUT2D eigenvalue weighted by Crippen LogP contribution is 2.28. The van der Waals surface area contributed by atoms with Crippen molar-refractivity contribution in [3.8, 4) is 0 Å². The maximum absolute atomic E-state index is 9.24. The molecule has 1 aromatic heterocycles. The molecule has 1 aliphatic carbocycles. The Kier molecular flexibility index (Phi) is 3.15. The molecule has 0 bridgehead atoms. The Labute approximate surface area is 128 Å². The number of aromatic nitrogens is 1. The van der Waals surface area contributed by atoms with Gasteiger partial charge < -0.3 is 9.73 Å². The van der Waals surface area contributed by atoms with Crippen LogP contribution >= 0.6 is 0 Å². The SMILES string of the molecule is ON=C1CCCc2noc(Cc3cccc4ccccc34)c21. The van der Waals surface area contributed by atoms with Crippen LogP contribution in [0.1, 0.15) is 35.4 Å². The van der Waals surface area contributed by atoms with Crippen molar-refractivity contribution in [1.82, 2.24) is 5.16 Å². The highest BCUT2D eigenvalue weighted by atomic mass is 16.5. The lowest BCUT2D eigenvalue weighted by molar-refractivity contribution is 0.317. The van der Waals surface area contributed by atoms with Crippen LogP contribution in [0.2, 0.25) is 0 Å². The van der Waals surface area contributed by atoms with E-state index < -0.39 is 0 Å². The number of oxime groups is 1. The van der Waals surface area contributed by atoms with Crippen molar-refractivity contribution in [3.63, 3.8) is 0 Å². The molecule has 0 saturated heterocycles. The lowest BCUT2D eigenvalue weighted by atomic mass is 9.91. The standard InChI is InChI=1S/C18H16N2O2/c21-19-15-9-4-10-16-18(15)17(22-20-16)11-13-7-3-6-12-5-1-2-8-14(12)13/h1-3,5-8,21H,4,9-11H2. The van der Waals surface area contributed by atoms with Crippen LogP contribution in [0.3, 0.4) is 0 Å². The van der Waals surface area contributed by atoms with Crippen molar-refractivity contribution >= 4 is 16.5 Å². The number of rotatable bonds is 2. The van der Waals surface area contributed by atoms with Crippen LogP contribution in [0.15, 0.2) is 52.1 Å². The number of hydrogen-bond acceptors (Lipinski definition) is 4. The third-order valence-electron chi connectivity index (χ3n) is 4.30. The summed E-state index contributed by atoms with van der Waals surface area (Å²) in [5, 5.41) is 19.3. The minimum Gasteiger partial charge on any atom is -0.411 e. The van der Waals surface area contributed by atoms with E-state index in [1.165, 1.54) is 16.3 Å². The first-order chi connectivity index (χ1) is 10.9. The highest BCUT2D eigenvalue weighted by molar-refractivity contribution is 6.03. The first-order valence-corrected chi connectivity index (χ1v) is 7.52. The molecule has 110 valence electrons. The Hall–Kier alpha value is -2.62. The average molecular weight is 292 g/mol. The van der Waals surface area contributed by atoms with Crippen molar-refractivity contribution in [3.05, 3.63) is 65.0 Å². The van der Waals surface area contributed by atoms with Crippen molar-refractivity contribution in [2.75, 3.05) is 0 Å². The molecule has 0 radical (unpaired) electrons. The van der Waals surface area contributed by atoms with Gasteiger partial charge in [0.1, 0.15) is 0 Å². The van der Waals surface area contributed by atoms with Crippen molar-refractivity contribution < 1.29 is 9.73 Å². The van der Waals surface area contributed by atoms with E-state index in [1.807, 2.05) is 12.1 Å². The predicted octanol–water partition coefficient (Wildman–Crippen LogP) is 3.93. The van der Waals surface area contributed by atoms with Crippen LogP contribution in [0.25, 0.3) is 10.8 Å². The molecule has 1 aliphatic rings. The van der Waals surface area contributed by atoms with Crippen LogP contribution in [-0.4, -0.2) is 16.1 Å². The second kappa shape index (κ2) is 5.30. The summed E-state index contributed by atoms with van der Waals surface area (Å²) in [6, 6.07) is 14.6. The van der Waals surface area contributed by atoms with E-state index in [0.717, 1.165) is 36.3 Å². The second-order valence-electron chi connectivity index (χ2n) is 5.64. The number of nitrogens with zero attached hydrogens (tertiary/aromatic N) is 2. The zero-order valence-corrected chi connectivity index (χ0v) is 12.1. The molecule has 0 fully saturated rings. The molecule has 0 aliphatic heterocycles. The maximum Gasteiger partial charge on any atom is 0.150 e. The number of hydrogen-bond donors (Lipinski definition) is 1. The predicted molar refractivity (Wildman–Crippen MR) is 84.5 cm³/mol. The molecule has 0 unspecified atom stereocenters. The van der Waals surface area contributed by atoms with Crippen LogP contribution in [-0.2, 0) is 12.8 Å². The Morgan fingerprint density at radius 1 is 1.09 bits per heavy atom. The van der Waals surface area contributed by atoms with Crippen molar-refractivity contribution in [2.24, 2.45) is 5.16 Å². The quantitative estimate of drug-likeness (QED) is 0.575. The van der Waals surface area contributed by atoms with Crippen molar-refractivity contribution in [1.29, 1.82) is 0 Å². The van der Waals surface area contributed by atoms with Gasteiger partial charge in [0.2, 0.25) is 0 Å². The fourth-order valence-corrected chi connectivity index (χ4v) is 3.25. The first-order valence-electron chi connectivity index (χ1n) is 7.52. The number of fused-ring (bicyclic) bond motifs is 2. The third kappa shape index (κ3) is 2.08. The summed E-state index contributed by atoms with van der Waals surface area (Å²) < 4.78 is 5.56. The van der Waals surface area contributed by atoms with Gasteiger partial charge in [0.15, 0.2) is 5.76 Å². The Bertz CT molecular complexity index is 859. The summed E-state index contributed by atoms with van der Waals surface area (Å²) in [6.07, 6.45) is 3.26. The fraction of sp³-hybridized carbons (Fsp3) is 0.222. The maximum atomic E-state index is 9.24. The molecule has 22 heavy (non-hydrogen) atoms. The van der Waals surface area contributed by atoms with Gasteiger partial charge in [0.05, 0.1) is 17.0 Å². The zero-order chi connectivity index (χ0) is 14.9. The van der Waals surface area contributed by atoms with Gasteiger partial charge in [-0.25, -0.2) is 0 Å². The summed E-state index contributed by atoms with van der Waals surface area (Å²) >= 11 is 0. The van der Waals surface area contributed by atoms with Gasteiger partial charge in [-0.2, -0.15) is 0 Å². The van der Waals surface area contributed by atoms with E-state index in [0.29, 0.717) is 12.1 Å². The summed E-state index contributed by atoms with van der Waals surface area (Å²) in [4.78, 5) is 0. The summed E-state index contributed by atoms with van der Waals surface area (Å²) in [5.41, 5.74) is 3.70. The molecule has 0 atom stereocenters. The smallest absolute Gasteiger partial charge is 0.150 e. The molecule has 3 aromatic rings. The molecule has 4 nitrogen and oxygen atoms in total. The monoisotopic (exact) mass is 292 g/mol. The number of aryl methyl sites for hydroxylation is 1. The van der Waals surface area contributed by atoms with Gasteiger partial charge in [-0.15, -0.1) is 0 Å². The van der Waals surface area contributed by atoms with Gasteiger partial charge in [-0.1, -0.05) is 52.8 Å². The van der Waals surface area contributed by atoms with Gasteiger partial charge >= 0.3 is 0 Å². The van der Waals surface area contributed by atoms with Crippen LogP contribution in [0.4, 0.5) is 0 Å². The second-order valence-corrected chi connectivity index (χ2v) is 5.64. The molecular formula is C18H16N2O2. The minimum absolute atomic E-state index is 0.655. The third-order valence-corrected chi connectivity index (χ3v) is 4.30. The average Bonchev–Trinajstić information content (AvgIpc) is 2.98. The summed E-state index contributed by atoms with van der Waals surface area (Å²) in [7, 11) is 0. The van der Waals surface area contributed by atoms with Gasteiger partial charge in [-0.3, -0.25) is 0 Å². The molecule has 0 amide bonds. The Balaban J connectivity index is 1.80. The molecule has 4 rings (SSSR count). The largest absolute Gasteiger partial charge is 0.411 e. The van der Waals surface area contributed by atoms with Gasteiger partial charge in [0, 0.05) is 6.42 Å². The Morgan fingerprint density at radius 3 is 2.86 bits per heavy atom. The first kappa shape index (κ1) is 13.1. The molecule has 0 saturated carbocycles. The van der Waals surface area contributed by atoms with E-state index >= 15 is 0 Å². The fourth-order valence-electron chi connectivity index (χ4n) is 3.25. The van der Waals surface area contributed by atoms with E-state index in [-0.39, 0.29) is 0 Å². The van der Waals surface area contributed by atoms with E-state index in [1.54, 1.807) is 0 Å². The minimum atomic E-state index is 0.655. The molecule has 4 heteroatoms.